The molecule has 0 bridgehead atoms. The highest BCUT2D eigenvalue weighted by Gasteiger charge is 2.32. The molecule has 1 aromatic rings. The van der Waals surface area contributed by atoms with Gasteiger partial charge in [0.05, 0.1) is 13.1 Å². The number of piperidine rings is 1. The molecule has 0 saturated carbocycles. The van der Waals surface area contributed by atoms with E-state index in [-0.39, 0.29) is 42.4 Å². The van der Waals surface area contributed by atoms with Gasteiger partial charge in [-0.15, -0.1) is 0 Å². The van der Waals surface area contributed by atoms with E-state index in [0.29, 0.717) is 48.3 Å². The fourth-order valence-corrected chi connectivity index (χ4v) is 6.26. The van der Waals surface area contributed by atoms with Crippen molar-refractivity contribution in [1.82, 2.24) is 15.1 Å². The molecule has 1 amide bonds. The lowest BCUT2D eigenvalue weighted by Gasteiger charge is -2.39. The van der Waals surface area contributed by atoms with Gasteiger partial charge in [-0.25, -0.2) is 8.78 Å². The first kappa shape index (κ1) is 34.1. The molecule has 4 N–H and O–H groups in total. The number of benzene rings is 1. The Morgan fingerprint density at radius 2 is 1.89 bits per heavy atom. The molecule has 1 aromatic carbocycles. The van der Waals surface area contributed by atoms with Crippen molar-refractivity contribution in [2.75, 3.05) is 51.2 Å². The average Bonchev–Trinajstić information content (AvgIpc) is 2.98. The van der Waals surface area contributed by atoms with E-state index in [2.05, 4.69) is 15.2 Å². The first-order chi connectivity index (χ1) is 21.3. The molecule has 10 nitrogen and oxygen atoms in total. The van der Waals surface area contributed by atoms with E-state index in [1.165, 1.54) is 25.4 Å². The lowest BCUT2D eigenvalue weighted by molar-refractivity contribution is -0.156. The zero-order valence-corrected chi connectivity index (χ0v) is 27.1. The van der Waals surface area contributed by atoms with E-state index in [4.69, 9.17) is 10.5 Å². The summed E-state index contributed by atoms with van der Waals surface area (Å²) in [5, 5.41) is 13.1. The molecular formula is C33H47F2N7O3. The molecule has 12 heteroatoms. The molecule has 4 rings (SSSR count). The summed E-state index contributed by atoms with van der Waals surface area (Å²) in [5.74, 6) is -0.0942. The van der Waals surface area contributed by atoms with Crippen molar-refractivity contribution < 1.29 is 23.1 Å². The van der Waals surface area contributed by atoms with Crippen LogP contribution in [0.5, 0.6) is 0 Å². The van der Waals surface area contributed by atoms with Crippen LogP contribution in [-0.2, 0) is 20.7 Å². The molecule has 0 unspecified atom stereocenters. The van der Waals surface area contributed by atoms with Crippen LogP contribution in [0.15, 0.2) is 34.6 Å². The Hall–Kier alpha value is -3.80. The molecule has 246 valence electrons. The number of carbonyl (C=O) groups excluding carboxylic acids is 2. The number of nitrogens with one attached hydrogen (secondary N) is 2. The SMILES string of the molecule is CN=CC(=CN)c1cc2c(cc1C(F)F)N(C(=N)C1=C(NC3CCN(CC(=O)OC(C)(C)C)CC3)CCN(C(C)=O)C1)CCC2. The Labute approximate surface area is 264 Å². The van der Waals surface area contributed by atoms with Gasteiger partial charge < -0.3 is 25.6 Å². The smallest absolute Gasteiger partial charge is 0.320 e. The van der Waals surface area contributed by atoms with E-state index in [1.807, 2.05) is 20.8 Å². The van der Waals surface area contributed by atoms with Crippen LogP contribution < -0.4 is 16.0 Å². The third kappa shape index (κ3) is 8.47. The number of anilines is 1. The number of amidine groups is 1. The zero-order valence-electron chi connectivity index (χ0n) is 27.1. The van der Waals surface area contributed by atoms with Crippen LogP contribution in [0.25, 0.3) is 5.57 Å². The minimum Gasteiger partial charge on any atom is -0.459 e. The Balaban J connectivity index is 1.58. The largest absolute Gasteiger partial charge is 0.459 e. The molecule has 1 saturated heterocycles. The number of rotatable bonds is 8. The molecule has 45 heavy (non-hydrogen) atoms. The Morgan fingerprint density at radius 3 is 2.49 bits per heavy atom. The second-order valence-corrected chi connectivity index (χ2v) is 12.9. The maximum atomic E-state index is 14.4. The molecule has 3 aliphatic rings. The second kappa shape index (κ2) is 14.5. The molecule has 0 atom stereocenters. The first-order valence-electron chi connectivity index (χ1n) is 15.6. The summed E-state index contributed by atoms with van der Waals surface area (Å²) >= 11 is 0. The summed E-state index contributed by atoms with van der Waals surface area (Å²) in [7, 11) is 1.56. The van der Waals surface area contributed by atoms with E-state index < -0.39 is 12.0 Å². The molecule has 0 spiro atoms. The molecule has 0 radical (unpaired) electrons. The van der Waals surface area contributed by atoms with E-state index >= 15 is 0 Å². The fourth-order valence-electron chi connectivity index (χ4n) is 6.26. The van der Waals surface area contributed by atoms with Gasteiger partial charge in [0.2, 0.25) is 5.91 Å². The van der Waals surface area contributed by atoms with Crippen LogP contribution in [-0.4, -0.2) is 91.7 Å². The number of likely N-dealkylation sites (tertiary alicyclic amines) is 1. The predicted octanol–water partition coefficient (Wildman–Crippen LogP) is 4.26. The molecule has 0 aromatic heterocycles. The molecular weight excluding hydrogens is 580 g/mol. The minimum absolute atomic E-state index is 0.0721. The number of nitrogens with two attached hydrogens (primary N) is 1. The maximum Gasteiger partial charge on any atom is 0.320 e. The number of fused-ring (bicyclic) bond motifs is 1. The number of halogens is 2. The number of ether oxygens (including phenoxy) is 1. The number of hydrogen-bond acceptors (Lipinski definition) is 8. The second-order valence-electron chi connectivity index (χ2n) is 12.9. The summed E-state index contributed by atoms with van der Waals surface area (Å²) in [4.78, 5) is 34.3. The summed E-state index contributed by atoms with van der Waals surface area (Å²) in [6.45, 7) is 10.1. The number of nitrogens with zero attached hydrogens (tertiary/aromatic N) is 4. The number of amides is 1. The van der Waals surface area contributed by atoms with Gasteiger partial charge in [0.15, 0.2) is 0 Å². The van der Waals surface area contributed by atoms with Crippen LogP contribution in [0.4, 0.5) is 14.5 Å². The number of aryl methyl sites for hydroxylation is 1. The van der Waals surface area contributed by atoms with Gasteiger partial charge in [0.1, 0.15) is 11.4 Å². The van der Waals surface area contributed by atoms with Crippen LogP contribution >= 0.6 is 0 Å². The molecule has 3 heterocycles. The minimum atomic E-state index is -2.75. The third-order valence-corrected chi connectivity index (χ3v) is 8.45. The zero-order chi connectivity index (χ0) is 32.9. The summed E-state index contributed by atoms with van der Waals surface area (Å²) in [5.41, 5.74) is 8.90. The van der Waals surface area contributed by atoms with Gasteiger partial charge in [-0.1, -0.05) is 0 Å². The highest BCUT2D eigenvalue weighted by Crippen LogP contribution is 2.38. The molecule has 3 aliphatic heterocycles. The van der Waals surface area contributed by atoms with Crippen molar-refractivity contribution in [2.24, 2.45) is 10.7 Å². The predicted molar refractivity (Wildman–Crippen MR) is 174 cm³/mol. The van der Waals surface area contributed by atoms with E-state index in [9.17, 15) is 23.8 Å². The first-order valence-corrected chi connectivity index (χ1v) is 15.6. The van der Waals surface area contributed by atoms with Gasteiger partial charge in [-0.3, -0.25) is 24.9 Å². The highest BCUT2D eigenvalue weighted by molar-refractivity contribution is 6.12. The summed E-state index contributed by atoms with van der Waals surface area (Å²) < 4.78 is 34.2. The fraction of sp³-hybridized carbons (Fsp3) is 0.576. The third-order valence-electron chi connectivity index (χ3n) is 8.45. The van der Waals surface area contributed by atoms with Crippen molar-refractivity contribution in [3.63, 3.8) is 0 Å². The Bertz CT molecular complexity index is 1370. The van der Waals surface area contributed by atoms with Gasteiger partial charge in [-0.2, -0.15) is 0 Å². The average molecular weight is 628 g/mol. The molecule has 0 aliphatic carbocycles. The van der Waals surface area contributed by atoms with Gasteiger partial charge in [0, 0.05) is 93.1 Å². The lowest BCUT2D eigenvalue weighted by Crippen LogP contribution is -2.48. The number of aliphatic imine (C=N–C) groups is 1. The van der Waals surface area contributed by atoms with Gasteiger partial charge in [0.25, 0.3) is 6.43 Å². The van der Waals surface area contributed by atoms with Crippen molar-refractivity contribution in [1.29, 1.82) is 5.41 Å². The van der Waals surface area contributed by atoms with Crippen molar-refractivity contribution >= 4 is 35.2 Å². The monoisotopic (exact) mass is 627 g/mol. The Kier molecular flexibility index (Phi) is 11.0. The highest BCUT2D eigenvalue weighted by atomic mass is 19.3. The lowest BCUT2D eigenvalue weighted by atomic mass is 9.91. The van der Waals surface area contributed by atoms with Crippen LogP contribution in [0.1, 0.15) is 76.5 Å². The van der Waals surface area contributed by atoms with E-state index in [1.54, 1.807) is 22.9 Å². The van der Waals surface area contributed by atoms with E-state index in [0.717, 1.165) is 43.6 Å². The number of allylic oxidation sites excluding steroid dienone is 1. The van der Waals surface area contributed by atoms with Gasteiger partial charge >= 0.3 is 5.97 Å². The van der Waals surface area contributed by atoms with Crippen LogP contribution in [0, 0.1) is 5.41 Å². The van der Waals surface area contributed by atoms with Crippen molar-refractivity contribution in [3.05, 3.63) is 46.3 Å². The Morgan fingerprint density at radius 1 is 1.18 bits per heavy atom. The van der Waals surface area contributed by atoms with Crippen LogP contribution in [0.2, 0.25) is 0 Å². The van der Waals surface area contributed by atoms with Crippen molar-refractivity contribution in [2.45, 2.75) is 77.9 Å². The normalized spacial score (nSPS) is 18.9. The number of esters is 1. The maximum absolute atomic E-state index is 14.4. The summed E-state index contributed by atoms with van der Waals surface area (Å²) in [6.07, 6.45) is 3.63. The van der Waals surface area contributed by atoms with Crippen molar-refractivity contribution in [3.8, 4) is 0 Å². The standard InChI is InChI=1S/C33H47F2N7O3/c1-21(43)41-14-10-28(39-24-8-12-40(13-9-24)20-30(44)45-33(2,3)4)27(19-41)32(37)42-11-6-7-22-15-25(23(17-36)18-38-5)26(31(34)35)16-29(22)42/h15-18,24,31,37,39H,6-14,19-20,36H2,1-5H3. The summed E-state index contributed by atoms with van der Waals surface area (Å²) in [6, 6.07) is 3.37. The van der Waals surface area contributed by atoms with Crippen LogP contribution in [0.3, 0.4) is 0 Å². The quantitative estimate of drug-likeness (QED) is 0.223. The van der Waals surface area contributed by atoms with Gasteiger partial charge in [-0.05, 0) is 69.7 Å². The topological polar surface area (TPSA) is 127 Å². The number of carbonyl (C=O) groups is 2. The number of hydrogen-bond donors (Lipinski definition) is 3. The number of alkyl halides is 2. The molecule has 1 fully saturated rings.